The molecule has 0 unspecified atom stereocenters. The van der Waals surface area contributed by atoms with Gasteiger partial charge in [0.2, 0.25) is 5.95 Å². The average molecular weight is 245 g/mol. The number of nitrogens with one attached hydrogen (secondary N) is 1. The third-order valence-corrected chi connectivity index (χ3v) is 4.82. The molecule has 5 nitrogen and oxygen atoms in total. The lowest BCUT2D eigenvalue weighted by atomic mass is 10.2. The lowest BCUT2D eigenvalue weighted by Crippen LogP contribution is -2.38. The van der Waals surface area contributed by atoms with E-state index < -0.39 is 14.6 Å². The fourth-order valence-corrected chi connectivity index (χ4v) is 1.54. The maximum atomic E-state index is 11.5. The Kier molecular flexibility index (Phi) is 3.33. The lowest BCUT2D eigenvalue weighted by molar-refractivity contribution is 0.559. The van der Waals surface area contributed by atoms with Crippen LogP contribution in [0, 0.1) is 6.92 Å². The van der Waals surface area contributed by atoms with E-state index in [0.29, 0.717) is 12.5 Å². The van der Waals surface area contributed by atoms with Crippen LogP contribution in [0.15, 0.2) is 6.20 Å². The molecule has 16 heavy (non-hydrogen) atoms. The first-order chi connectivity index (χ1) is 7.13. The first kappa shape index (κ1) is 13.0. The van der Waals surface area contributed by atoms with Crippen LogP contribution in [0.3, 0.4) is 0 Å². The molecule has 0 aliphatic heterocycles. The SMILES string of the molecule is Cc1cn(C)c(NCC(C)(C)S(C)(=O)=O)n1. The van der Waals surface area contributed by atoms with Crippen LogP contribution < -0.4 is 5.32 Å². The van der Waals surface area contributed by atoms with Crippen molar-refractivity contribution < 1.29 is 8.42 Å². The molecule has 0 radical (unpaired) electrons. The monoisotopic (exact) mass is 245 g/mol. The molecule has 0 saturated carbocycles. The number of sulfone groups is 1. The molecule has 0 aliphatic carbocycles. The fraction of sp³-hybridized carbons (Fsp3) is 0.700. The number of anilines is 1. The van der Waals surface area contributed by atoms with Gasteiger partial charge in [0.05, 0.1) is 10.4 Å². The average Bonchev–Trinajstić information content (AvgIpc) is 2.39. The summed E-state index contributed by atoms with van der Waals surface area (Å²) in [7, 11) is -1.21. The molecular weight excluding hydrogens is 226 g/mol. The van der Waals surface area contributed by atoms with Gasteiger partial charge in [0.15, 0.2) is 9.84 Å². The Morgan fingerprint density at radius 2 is 2.06 bits per heavy atom. The Balaban J connectivity index is 2.76. The topological polar surface area (TPSA) is 64.0 Å². The summed E-state index contributed by atoms with van der Waals surface area (Å²) in [5, 5.41) is 3.05. The van der Waals surface area contributed by atoms with Crippen molar-refractivity contribution in [2.45, 2.75) is 25.5 Å². The van der Waals surface area contributed by atoms with Gasteiger partial charge in [0.1, 0.15) is 0 Å². The molecule has 0 fully saturated rings. The predicted octanol–water partition coefficient (Wildman–Crippen LogP) is 0.964. The van der Waals surface area contributed by atoms with E-state index in [1.807, 2.05) is 24.7 Å². The van der Waals surface area contributed by atoms with Crippen molar-refractivity contribution in [3.05, 3.63) is 11.9 Å². The molecule has 92 valence electrons. The van der Waals surface area contributed by atoms with Crippen molar-refractivity contribution in [3.8, 4) is 0 Å². The highest BCUT2D eigenvalue weighted by atomic mass is 32.2. The third-order valence-electron chi connectivity index (χ3n) is 2.67. The number of imidazole rings is 1. The number of nitrogens with zero attached hydrogens (tertiary/aromatic N) is 2. The minimum atomic E-state index is -3.08. The van der Waals surface area contributed by atoms with E-state index in [2.05, 4.69) is 10.3 Å². The smallest absolute Gasteiger partial charge is 0.202 e. The van der Waals surface area contributed by atoms with Gasteiger partial charge in [-0.2, -0.15) is 0 Å². The van der Waals surface area contributed by atoms with Crippen molar-refractivity contribution >= 4 is 15.8 Å². The highest BCUT2D eigenvalue weighted by Gasteiger charge is 2.30. The van der Waals surface area contributed by atoms with E-state index in [1.165, 1.54) is 6.26 Å². The van der Waals surface area contributed by atoms with Gasteiger partial charge in [-0.15, -0.1) is 0 Å². The number of hydrogen-bond acceptors (Lipinski definition) is 4. The predicted molar refractivity (Wildman–Crippen MR) is 65.4 cm³/mol. The number of aromatic nitrogens is 2. The van der Waals surface area contributed by atoms with E-state index >= 15 is 0 Å². The second kappa shape index (κ2) is 4.08. The van der Waals surface area contributed by atoms with Crippen LogP contribution in [0.5, 0.6) is 0 Å². The molecule has 0 bridgehead atoms. The Hall–Kier alpha value is -1.04. The van der Waals surface area contributed by atoms with Gasteiger partial charge < -0.3 is 9.88 Å². The van der Waals surface area contributed by atoms with Crippen molar-refractivity contribution in [3.63, 3.8) is 0 Å². The molecule has 0 atom stereocenters. The summed E-state index contributed by atoms with van der Waals surface area (Å²) in [5.74, 6) is 0.689. The van der Waals surface area contributed by atoms with Crippen LogP contribution >= 0.6 is 0 Å². The van der Waals surface area contributed by atoms with E-state index in [1.54, 1.807) is 13.8 Å². The zero-order valence-corrected chi connectivity index (χ0v) is 11.2. The molecule has 1 aromatic heterocycles. The van der Waals surface area contributed by atoms with Gasteiger partial charge in [0.25, 0.3) is 0 Å². The lowest BCUT2D eigenvalue weighted by Gasteiger charge is -2.22. The quantitative estimate of drug-likeness (QED) is 0.858. The summed E-state index contributed by atoms with van der Waals surface area (Å²) < 4.78 is 24.0. The summed E-state index contributed by atoms with van der Waals surface area (Å²) in [6, 6.07) is 0. The zero-order chi connectivity index (χ0) is 12.6. The van der Waals surface area contributed by atoms with Crippen molar-refractivity contribution in [1.82, 2.24) is 9.55 Å². The van der Waals surface area contributed by atoms with Gasteiger partial charge in [-0.1, -0.05) is 0 Å². The summed E-state index contributed by atoms with van der Waals surface area (Å²) in [6.07, 6.45) is 3.13. The van der Waals surface area contributed by atoms with Gasteiger partial charge in [-0.05, 0) is 20.8 Å². The van der Waals surface area contributed by atoms with Crippen LogP contribution in [0.2, 0.25) is 0 Å². The molecule has 0 saturated heterocycles. The van der Waals surface area contributed by atoms with Crippen molar-refractivity contribution in [2.24, 2.45) is 7.05 Å². The summed E-state index contributed by atoms with van der Waals surface area (Å²) in [4.78, 5) is 4.25. The Morgan fingerprint density at radius 1 is 1.50 bits per heavy atom. The second-order valence-electron chi connectivity index (χ2n) is 4.70. The molecule has 0 amide bonds. The van der Waals surface area contributed by atoms with Crippen LogP contribution in [0.4, 0.5) is 5.95 Å². The Morgan fingerprint density at radius 3 is 2.44 bits per heavy atom. The first-order valence-electron chi connectivity index (χ1n) is 5.07. The highest BCUT2D eigenvalue weighted by Crippen LogP contribution is 2.16. The third kappa shape index (κ3) is 2.75. The minimum absolute atomic E-state index is 0.343. The maximum absolute atomic E-state index is 11.5. The maximum Gasteiger partial charge on any atom is 0.202 e. The number of rotatable bonds is 4. The highest BCUT2D eigenvalue weighted by molar-refractivity contribution is 7.92. The van der Waals surface area contributed by atoms with Gasteiger partial charge >= 0.3 is 0 Å². The standard InChI is InChI=1S/C10H19N3O2S/c1-8-6-13(4)9(12-8)11-7-10(2,3)16(5,14)15/h6H,7H2,1-5H3,(H,11,12). The van der Waals surface area contributed by atoms with Crippen LogP contribution in [-0.4, -0.2) is 35.5 Å². The van der Waals surface area contributed by atoms with Crippen molar-refractivity contribution in [2.75, 3.05) is 18.1 Å². The van der Waals surface area contributed by atoms with E-state index in [9.17, 15) is 8.42 Å². The summed E-state index contributed by atoms with van der Waals surface area (Å²) in [5.41, 5.74) is 0.905. The van der Waals surface area contributed by atoms with Crippen molar-refractivity contribution in [1.29, 1.82) is 0 Å². The molecule has 0 aromatic carbocycles. The van der Waals surface area contributed by atoms with Crippen LogP contribution in [0.1, 0.15) is 19.5 Å². The van der Waals surface area contributed by atoms with Gasteiger partial charge in [0, 0.05) is 26.0 Å². The minimum Gasteiger partial charge on any atom is -0.354 e. The largest absolute Gasteiger partial charge is 0.354 e. The van der Waals surface area contributed by atoms with Crippen LogP contribution in [-0.2, 0) is 16.9 Å². The molecule has 1 aromatic rings. The number of hydrogen-bond donors (Lipinski definition) is 1. The second-order valence-corrected chi connectivity index (χ2v) is 7.35. The Bertz CT molecular complexity index is 474. The van der Waals surface area contributed by atoms with E-state index in [0.717, 1.165) is 5.69 Å². The van der Waals surface area contributed by atoms with Gasteiger partial charge in [-0.3, -0.25) is 0 Å². The number of aryl methyl sites for hydroxylation is 2. The summed E-state index contributed by atoms with van der Waals surface area (Å²) in [6.45, 7) is 5.64. The van der Waals surface area contributed by atoms with Crippen LogP contribution in [0.25, 0.3) is 0 Å². The molecule has 1 rings (SSSR count). The first-order valence-corrected chi connectivity index (χ1v) is 6.96. The Labute approximate surface area is 96.8 Å². The van der Waals surface area contributed by atoms with E-state index in [4.69, 9.17) is 0 Å². The molecule has 1 N–H and O–H groups in total. The molecule has 0 aliphatic rings. The molecule has 0 spiro atoms. The van der Waals surface area contributed by atoms with Gasteiger partial charge in [-0.25, -0.2) is 13.4 Å². The molecular formula is C10H19N3O2S. The normalized spacial score (nSPS) is 12.8. The fourth-order valence-electron chi connectivity index (χ4n) is 1.20. The zero-order valence-electron chi connectivity index (χ0n) is 10.4. The molecule has 1 heterocycles. The summed E-state index contributed by atoms with van der Waals surface area (Å²) >= 11 is 0. The van der Waals surface area contributed by atoms with E-state index in [-0.39, 0.29) is 0 Å². The molecule has 6 heteroatoms.